The molecule has 0 aliphatic carbocycles. The van der Waals surface area contributed by atoms with Gasteiger partial charge in [-0.25, -0.2) is 0 Å². The Bertz CT molecular complexity index is 515. The number of rotatable bonds is 12. The van der Waals surface area contributed by atoms with Crippen LogP contribution < -0.4 is 9.47 Å². The maximum absolute atomic E-state index is 10.4. The van der Waals surface area contributed by atoms with Crippen LogP contribution >= 0.6 is 0 Å². The van der Waals surface area contributed by atoms with Gasteiger partial charge in [-0.05, 0) is 33.3 Å². The highest BCUT2D eigenvalue weighted by Gasteiger charge is 2.18. The predicted molar refractivity (Wildman–Crippen MR) is 103 cm³/mol. The summed E-state index contributed by atoms with van der Waals surface area (Å²) in [7, 11) is 4.97. The van der Waals surface area contributed by atoms with Gasteiger partial charge in [0.05, 0.1) is 32.5 Å². The van der Waals surface area contributed by atoms with E-state index in [1.54, 1.807) is 21.3 Å². The first kappa shape index (κ1) is 22.7. The maximum atomic E-state index is 10.4. The van der Waals surface area contributed by atoms with E-state index in [-0.39, 0.29) is 5.60 Å². The van der Waals surface area contributed by atoms with Gasteiger partial charge in [0, 0.05) is 38.9 Å². The lowest BCUT2D eigenvalue weighted by Gasteiger charge is -2.28. The van der Waals surface area contributed by atoms with E-state index >= 15 is 0 Å². The number of methoxy groups -OCH3 is 3. The molecular formula is C20H35NO5. The van der Waals surface area contributed by atoms with E-state index in [9.17, 15) is 5.11 Å². The van der Waals surface area contributed by atoms with Gasteiger partial charge >= 0.3 is 0 Å². The van der Waals surface area contributed by atoms with Crippen LogP contribution in [0.4, 0.5) is 0 Å². The highest BCUT2D eigenvalue weighted by molar-refractivity contribution is 5.46. The highest BCUT2D eigenvalue weighted by Crippen LogP contribution is 2.31. The maximum Gasteiger partial charge on any atom is 0.165 e. The van der Waals surface area contributed by atoms with Gasteiger partial charge in [-0.1, -0.05) is 12.1 Å². The zero-order valence-electron chi connectivity index (χ0n) is 17.1. The molecule has 1 aromatic carbocycles. The molecule has 6 nitrogen and oxygen atoms in total. The number of hydrogen-bond acceptors (Lipinski definition) is 6. The molecule has 0 saturated heterocycles. The molecule has 0 aliphatic rings. The van der Waals surface area contributed by atoms with Crippen LogP contribution in [0, 0.1) is 0 Å². The van der Waals surface area contributed by atoms with Crippen molar-refractivity contribution in [1.82, 2.24) is 4.90 Å². The summed E-state index contributed by atoms with van der Waals surface area (Å²) >= 11 is 0. The summed E-state index contributed by atoms with van der Waals surface area (Å²) in [4.78, 5) is 2.19. The summed E-state index contributed by atoms with van der Waals surface area (Å²) in [5, 5.41) is 10.4. The fourth-order valence-electron chi connectivity index (χ4n) is 2.68. The topological polar surface area (TPSA) is 60.4 Å². The lowest BCUT2D eigenvalue weighted by molar-refractivity contribution is -0.0569. The van der Waals surface area contributed by atoms with Crippen LogP contribution in [-0.4, -0.2) is 69.3 Å². The third-order valence-corrected chi connectivity index (χ3v) is 3.88. The molecule has 0 radical (unpaired) electrons. The molecule has 150 valence electrons. The average Bonchev–Trinajstić information content (AvgIpc) is 2.59. The second-order valence-corrected chi connectivity index (χ2v) is 7.31. The molecule has 0 amide bonds. The van der Waals surface area contributed by atoms with Gasteiger partial charge in [0.1, 0.15) is 0 Å². The lowest BCUT2D eigenvalue weighted by Crippen LogP contribution is -2.37. The lowest BCUT2D eigenvalue weighted by atomic mass is 10.1. The molecule has 0 saturated carbocycles. The molecule has 1 rings (SSSR count). The molecule has 1 N–H and O–H groups in total. The predicted octanol–water partition coefficient (Wildman–Crippen LogP) is 2.72. The summed E-state index contributed by atoms with van der Waals surface area (Å²) in [6.07, 6.45) is 0.323. The molecule has 1 aromatic rings. The third-order valence-electron chi connectivity index (χ3n) is 3.88. The quantitative estimate of drug-likeness (QED) is 0.572. The molecule has 0 spiro atoms. The zero-order chi connectivity index (χ0) is 19.6. The number of benzene rings is 1. The van der Waals surface area contributed by atoms with Gasteiger partial charge in [-0.15, -0.1) is 0 Å². The van der Waals surface area contributed by atoms with E-state index in [2.05, 4.69) is 4.90 Å². The number of hydrogen-bond donors (Lipinski definition) is 1. The molecule has 0 fully saturated rings. The monoisotopic (exact) mass is 369 g/mol. The second-order valence-electron chi connectivity index (χ2n) is 7.31. The SMILES string of the molecule is COCCCN(Cc1cccc(OC)c1OC)C[C@@H](O)COC(C)(C)C. The molecule has 0 unspecified atom stereocenters. The van der Waals surface area contributed by atoms with E-state index in [4.69, 9.17) is 18.9 Å². The molecule has 0 bridgehead atoms. The van der Waals surface area contributed by atoms with Crippen molar-refractivity contribution in [3.63, 3.8) is 0 Å². The van der Waals surface area contributed by atoms with E-state index in [1.165, 1.54) is 0 Å². The van der Waals surface area contributed by atoms with Crippen molar-refractivity contribution in [2.45, 2.75) is 45.4 Å². The zero-order valence-corrected chi connectivity index (χ0v) is 17.1. The van der Waals surface area contributed by atoms with Crippen molar-refractivity contribution in [1.29, 1.82) is 0 Å². The van der Waals surface area contributed by atoms with E-state index in [1.807, 2.05) is 39.0 Å². The molecule has 0 aromatic heterocycles. The Labute approximate surface area is 158 Å². The standard InChI is InChI=1S/C20H35NO5/c1-20(2,3)26-15-17(22)14-21(11-8-12-23-4)13-16-9-7-10-18(24-5)19(16)25-6/h7,9-10,17,22H,8,11-15H2,1-6H3/t17-/m1/s1. The molecular weight excluding hydrogens is 334 g/mol. The van der Waals surface area contributed by atoms with Gasteiger partial charge in [0.2, 0.25) is 0 Å². The Kier molecular flexibility index (Phi) is 9.94. The van der Waals surface area contributed by atoms with Crippen LogP contribution in [0.25, 0.3) is 0 Å². The summed E-state index contributed by atoms with van der Waals surface area (Å²) in [5.74, 6) is 1.44. The Morgan fingerprint density at radius 1 is 1.12 bits per heavy atom. The van der Waals surface area contributed by atoms with Gasteiger partial charge in [0.25, 0.3) is 0 Å². The largest absolute Gasteiger partial charge is 0.493 e. The first-order valence-electron chi connectivity index (χ1n) is 9.04. The van der Waals surface area contributed by atoms with E-state index < -0.39 is 6.10 Å². The Balaban J connectivity index is 2.80. The minimum Gasteiger partial charge on any atom is -0.493 e. The molecule has 0 aliphatic heterocycles. The van der Waals surface area contributed by atoms with Crippen molar-refractivity contribution in [2.24, 2.45) is 0 Å². The molecule has 0 heterocycles. The van der Waals surface area contributed by atoms with Gasteiger partial charge in [-0.3, -0.25) is 4.90 Å². The normalized spacial score (nSPS) is 13.1. The van der Waals surface area contributed by atoms with Crippen molar-refractivity contribution < 1.29 is 24.1 Å². The van der Waals surface area contributed by atoms with Crippen LogP contribution in [0.3, 0.4) is 0 Å². The minimum atomic E-state index is -0.562. The summed E-state index contributed by atoms with van der Waals surface area (Å²) in [5.41, 5.74) is 0.755. The van der Waals surface area contributed by atoms with Crippen LogP contribution in [-0.2, 0) is 16.0 Å². The van der Waals surface area contributed by atoms with Gasteiger partial charge in [-0.2, -0.15) is 0 Å². The smallest absolute Gasteiger partial charge is 0.165 e. The van der Waals surface area contributed by atoms with Crippen LogP contribution in [0.1, 0.15) is 32.8 Å². The first-order valence-corrected chi connectivity index (χ1v) is 9.04. The van der Waals surface area contributed by atoms with Crippen LogP contribution in [0.2, 0.25) is 0 Å². The van der Waals surface area contributed by atoms with E-state index in [0.717, 1.165) is 24.3 Å². The van der Waals surface area contributed by atoms with Crippen molar-refractivity contribution >= 4 is 0 Å². The van der Waals surface area contributed by atoms with Gasteiger partial charge < -0.3 is 24.1 Å². The number of nitrogens with zero attached hydrogens (tertiary/aromatic N) is 1. The third kappa shape index (κ3) is 8.36. The number of para-hydroxylation sites is 1. The first-order chi connectivity index (χ1) is 12.3. The summed E-state index contributed by atoms with van der Waals surface area (Å²) in [6, 6.07) is 5.84. The highest BCUT2D eigenvalue weighted by atomic mass is 16.5. The summed E-state index contributed by atoms with van der Waals surface area (Å²) in [6.45, 7) is 8.91. The molecule has 1 atom stereocenters. The van der Waals surface area contributed by atoms with Crippen molar-refractivity contribution in [2.75, 3.05) is 47.6 Å². The Hall–Kier alpha value is -1.34. The fourth-order valence-corrected chi connectivity index (χ4v) is 2.68. The molecule has 6 heteroatoms. The fraction of sp³-hybridized carbons (Fsp3) is 0.700. The number of aliphatic hydroxyl groups is 1. The second kappa shape index (κ2) is 11.4. The number of aliphatic hydroxyl groups excluding tert-OH is 1. The number of ether oxygens (including phenoxy) is 4. The average molecular weight is 370 g/mol. The van der Waals surface area contributed by atoms with Crippen LogP contribution in [0.5, 0.6) is 11.5 Å². The Morgan fingerprint density at radius 3 is 2.42 bits per heavy atom. The Morgan fingerprint density at radius 2 is 1.85 bits per heavy atom. The van der Waals surface area contributed by atoms with Crippen molar-refractivity contribution in [3.8, 4) is 11.5 Å². The minimum absolute atomic E-state index is 0.266. The molecule has 26 heavy (non-hydrogen) atoms. The van der Waals surface area contributed by atoms with Crippen molar-refractivity contribution in [3.05, 3.63) is 23.8 Å². The van der Waals surface area contributed by atoms with Gasteiger partial charge in [0.15, 0.2) is 11.5 Å². The van der Waals surface area contributed by atoms with Crippen LogP contribution in [0.15, 0.2) is 18.2 Å². The summed E-state index contributed by atoms with van der Waals surface area (Å²) < 4.78 is 21.8. The van der Waals surface area contributed by atoms with E-state index in [0.29, 0.717) is 32.1 Å².